The Morgan fingerprint density at radius 3 is 2.78 bits per heavy atom. The first kappa shape index (κ1) is 27.6. The third kappa shape index (κ3) is 6.33. The van der Waals surface area contributed by atoms with Crippen molar-refractivity contribution in [2.75, 3.05) is 40.4 Å². The first-order chi connectivity index (χ1) is 17.9. The van der Waals surface area contributed by atoms with Gasteiger partial charge in [-0.15, -0.1) is 0 Å². The van der Waals surface area contributed by atoms with Gasteiger partial charge in [0.25, 0.3) is 0 Å². The van der Waals surface area contributed by atoms with Gasteiger partial charge in [-0.25, -0.2) is 4.39 Å². The van der Waals surface area contributed by atoms with Crippen LogP contribution in [0.3, 0.4) is 0 Å². The fraction of sp³-hybridized carbons (Fsp3) is 0.567. The molecule has 0 aromatic heterocycles. The highest BCUT2D eigenvalue weighted by atomic mass is 19.1. The van der Waals surface area contributed by atoms with E-state index in [0.29, 0.717) is 49.8 Å². The van der Waals surface area contributed by atoms with Crippen LogP contribution in [0.15, 0.2) is 42.5 Å². The Morgan fingerprint density at radius 2 is 2.03 bits per heavy atom. The van der Waals surface area contributed by atoms with E-state index in [1.54, 1.807) is 25.3 Å². The Morgan fingerprint density at radius 1 is 1.22 bits per heavy atom. The lowest BCUT2D eigenvalue weighted by atomic mass is 9.73. The van der Waals surface area contributed by atoms with Gasteiger partial charge in [0.2, 0.25) is 5.91 Å². The van der Waals surface area contributed by atoms with E-state index in [4.69, 9.17) is 9.47 Å². The fourth-order valence-electron chi connectivity index (χ4n) is 5.77. The molecule has 1 saturated carbocycles. The number of rotatable bonds is 12. The SMILES string of the molecule is CNCC1CC1C(=O)N1CCC[C@@H]([C@@](O)(CCCCOC)c2cccc(F)c2Oc2ccccc2C)C1. The summed E-state index contributed by atoms with van der Waals surface area (Å²) in [6.45, 7) is 4.52. The Labute approximate surface area is 220 Å². The number of ether oxygens (including phenoxy) is 2. The van der Waals surface area contributed by atoms with Crippen LogP contribution in [-0.4, -0.2) is 56.3 Å². The average molecular weight is 513 g/mol. The van der Waals surface area contributed by atoms with Crippen molar-refractivity contribution in [2.24, 2.45) is 17.8 Å². The van der Waals surface area contributed by atoms with Gasteiger partial charge in [-0.1, -0.05) is 30.3 Å². The third-order valence-corrected chi connectivity index (χ3v) is 8.01. The minimum Gasteiger partial charge on any atom is -0.454 e. The fourth-order valence-corrected chi connectivity index (χ4v) is 5.77. The Balaban J connectivity index is 1.63. The van der Waals surface area contributed by atoms with Gasteiger partial charge < -0.3 is 24.8 Å². The number of aliphatic hydroxyl groups is 1. The molecule has 2 N–H and O–H groups in total. The van der Waals surface area contributed by atoms with Crippen LogP contribution in [0.5, 0.6) is 11.5 Å². The Bertz CT molecular complexity index is 1060. The van der Waals surface area contributed by atoms with Crippen molar-refractivity contribution in [2.45, 2.75) is 51.0 Å². The van der Waals surface area contributed by atoms with E-state index in [2.05, 4.69) is 5.32 Å². The number of piperidine rings is 1. The summed E-state index contributed by atoms with van der Waals surface area (Å²) in [7, 11) is 3.58. The highest BCUT2D eigenvalue weighted by Crippen LogP contribution is 2.46. The molecule has 202 valence electrons. The number of carbonyl (C=O) groups is 1. The molecule has 2 fully saturated rings. The summed E-state index contributed by atoms with van der Waals surface area (Å²) in [6.07, 6.45) is 4.41. The number of unbranched alkanes of at least 4 members (excludes halogenated alkanes) is 1. The van der Waals surface area contributed by atoms with Crippen LogP contribution in [0.2, 0.25) is 0 Å². The zero-order valence-corrected chi connectivity index (χ0v) is 22.3. The molecule has 2 unspecified atom stereocenters. The van der Waals surface area contributed by atoms with Gasteiger partial charge in [0.05, 0.1) is 5.60 Å². The van der Waals surface area contributed by atoms with Crippen molar-refractivity contribution in [1.29, 1.82) is 0 Å². The molecule has 2 aliphatic rings. The number of hydrogen-bond acceptors (Lipinski definition) is 5. The second-order valence-electron chi connectivity index (χ2n) is 10.6. The van der Waals surface area contributed by atoms with Crippen molar-refractivity contribution in [3.05, 3.63) is 59.4 Å². The second kappa shape index (κ2) is 12.4. The van der Waals surface area contributed by atoms with Crippen molar-refractivity contribution in [3.8, 4) is 11.5 Å². The molecule has 1 amide bonds. The molecule has 1 saturated heterocycles. The molecule has 0 radical (unpaired) electrons. The maximum atomic E-state index is 15.3. The molecule has 2 aromatic rings. The van der Waals surface area contributed by atoms with Gasteiger partial charge in [0.1, 0.15) is 5.75 Å². The number of likely N-dealkylation sites (tertiary alicyclic amines) is 1. The van der Waals surface area contributed by atoms with Gasteiger partial charge in [-0.2, -0.15) is 0 Å². The maximum Gasteiger partial charge on any atom is 0.226 e. The second-order valence-corrected chi connectivity index (χ2v) is 10.6. The maximum absolute atomic E-state index is 15.3. The number of halogens is 1. The normalized spacial score (nSPS) is 22.9. The summed E-state index contributed by atoms with van der Waals surface area (Å²) in [4.78, 5) is 15.2. The number of hydrogen-bond donors (Lipinski definition) is 2. The number of carbonyl (C=O) groups excluding carboxylic acids is 1. The highest BCUT2D eigenvalue weighted by Gasteiger charge is 2.48. The third-order valence-electron chi connectivity index (χ3n) is 8.01. The molecule has 1 aliphatic heterocycles. The molecule has 4 atom stereocenters. The number of para-hydroxylation sites is 2. The molecule has 1 heterocycles. The van der Waals surface area contributed by atoms with E-state index in [0.717, 1.165) is 37.8 Å². The predicted octanol–water partition coefficient (Wildman–Crippen LogP) is 5.02. The van der Waals surface area contributed by atoms with Crippen LogP contribution in [0.4, 0.5) is 4.39 Å². The molecular weight excluding hydrogens is 471 g/mol. The van der Waals surface area contributed by atoms with Crippen molar-refractivity contribution in [3.63, 3.8) is 0 Å². The van der Waals surface area contributed by atoms with Crippen LogP contribution >= 0.6 is 0 Å². The van der Waals surface area contributed by atoms with E-state index < -0.39 is 11.4 Å². The molecular formula is C30H41FN2O4. The number of benzene rings is 2. The van der Waals surface area contributed by atoms with Gasteiger partial charge in [-0.3, -0.25) is 4.79 Å². The van der Waals surface area contributed by atoms with Crippen molar-refractivity contribution in [1.82, 2.24) is 10.2 Å². The van der Waals surface area contributed by atoms with Crippen LogP contribution in [0.25, 0.3) is 0 Å². The van der Waals surface area contributed by atoms with Crippen LogP contribution in [0, 0.1) is 30.5 Å². The first-order valence-corrected chi connectivity index (χ1v) is 13.6. The summed E-state index contributed by atoms with van der Waals surface area (Å²) >= 11 is 0. The molecule has 0 spiro atoms. The summed E-state index contributed by atoms with van der Waals surface area (Å²) in [6, 6.07) is 12.3. The van der Waals surface area contributed by atoms with E-state index in [9.17, 15) is 9.90 Å². The summed E-state index contributed by atoms with van der Waals surface area (Å²) in [5.41, 5.74) is -0.0110. The quantitative estimate of drug-likeness (QED) is 0.391. The molecule has 6 nitrogen and oxygen atoms in total. The minimum absolute atomic E-state index is 0.0609. The monoisotopic (exact) mass is 512 g/mol. The van der Waals surface area contributed by atoms with Crippen molar-refractivity contribution < 1.29 is 23.8 Å². The molecule has 4 rings (SSSR count). The lowest BCUT2D eigenvalue weighted by Gasteiger charge is -2.43. The van der Waals surface area contributed by atoms with Crippen LogP contribution < -0.4 is 10.1 Å². The zero-order chi connectivity index (χ0) is 26.4. The summed E-state index contributed by atoms with van der Waals surface area (Å²) < 4.78 is 26.7. The summed E-state index contributed by atoms with van der Waals surface area (Å²) in [5.74, 6) is 0.523. The molecule has 0 bridgehead atoms. The average Bonchev–Trinajstić information content (AvgIpc) is 3.68. The first-order valence-electron chi connectivity index (χ1n) is 13.6. The molecule has 7 heteroatoms. The molecule has 1 aliphatic carbocycles. The minimum atomic E-state index is -1.35. The van der Waals surface area contributed by atoms with Gasteiger partial charge >= 0.3 is 0 Å². The topological polar surface area (TPSA) is 71.0 Å². The zero-order valence-electron chi connectivity index (χ0n) is 22.3. The summed E-state index contributed by atoms with van der Waals surface area (Å²) in [5, 5.41) is 15.6. The Hall–Kier alpha value is -2.48. The predicted molar refractivity (Wildman–Crippen MR) is 142 cm³/mol. The van der Waals surface area contributed by atoms with Crippen LogP contribution in [0.1, 0.15) is 49.7 Å². The van der Waals surface area contributed by atoms with E-state index in [1.807, 2.05) is 37.1 Å². The standard InChI is InChI=1S/C30H41FN2O4/c1-21-10-4-5-14-27(21)37-28-25(12-8-13-26(28)31)30(35,15-6-7-17-36-3)23-11-9-16-33(20-23)29(34)24-18-22(24)19-32-2/h4-5,8,10,12-14,22-24,32,35H,6-7,9,11,15-20H2,1-3H3/t22?,23-,24?,30+/m1/s1. The number of nitrogens with one attached hydrogen (secondary N) is 1. The van der Waals surface area contributed by atoms with Gasteiger partial charge in [-0.05, 0) is 82.7 Å². The molecule has 2 aromatic carbocycles. The lowest BCUT2D eigenvalue weighted by molar-refractivity contribution is -0.138. The number of methoxy groups -OCH3 is 1. The largest absolute Gasteiger partial charge is 0.454 e. The lowest BCUT2D eigenvalue weighted by Crippen LogP contribution is -2.49. The van der Waals surface area contributed by atoms with Gasteiger partial charge in [0, 0.05) is 44.2 Å². The number of amides is 1. The highest BCUT2D eigenvalue weighted by molar-refractivity contribution is 5.81. The number of aryl methyl sites for hydroxylation is 1. The van der Waals surface area contributed by atoms with E-state index >= 15 is 4.39 Å². The smallest absolute Gasteiger partial charge is 0.226 e. The Kier molecular flexibility index (Phi) is 9.22. The van der Waals surface area contributed by atoms with E-state index in [-0.39, 0.29) is 23.5 Å². The van der Waals surface area contributed by atoms with E-state index in [1.165, 1.54) is 6.07 Å². The van der Waals surface area contributed by atoms with Crippen LogP contribution in [-0.2, 0) is 15.1 Å². The number of nitrogens with zero attached hydrogens (tertiary/aromatic N) is 1. The van der Waals surface area contributed by atoms with Crippen molar-refractivity contribution >= 4 is 5.91 Å². The molecule has 37 heavy (non-hydrogen) atoms. The van der Waals surface area contributed by atoms with Gasteiger partial charge in [0.15, 0.2) is 11.6 Å².